The van der Waals surface area contributed by atoms with Crippen LogP contribution in [0.4, 0.5) is 0 Å². The standard InChI is InChI=1S/C34H54O4/c1-22(35)38-27-12-13-32(6)23-11-14-34(8)26-21-31(5,28-36-19-20-37-28)16-15-30(26,4)17-18-33(34,7)24(23)9-10-25(32)29(27,2)3/h25-28H,9-21H2,1-8H3/t25-,26+,27-,30+,31+,32+,33+,34-/m0/s1. The topological polar surface area (TPSA) is 44.8 Å². The molecule has 0 radical (unpaired) electrons. The number of carbonyl (C=O) groups is 1. The van der Waals surface area contributed by atoms with E-state index >= 15 is 0 Å². The largest absolute Gasteiger partial charge is 0.462 e. The van der Waals surface area contributed by atoms with Crippen LogP contribution in [-0.4, -0.2) is 31.6 Å². The molecule has 1 aliphatic heterocycles. The first-order valence-electron chi connectivity index (χ1n) is 15.8. The molecule has 0 spiro atoms. The van der Waals surface area contributed by atoms with Crippen molar-refractivity contribution in [3.63, 3.8) is 0 Å². The van der Waals surface area contributed by atoms with Crippen molar-refractivity contribution in [1.82, 2.24) is 0 Å². The lowest BCUT2D eigenvalue weighted by Crippen LogP contribution is -2.62. The van der Waals surface area contributed by atoms with E-state index in [0.717, 1.165) is 26.1 Å². The Hall–Kier alpha value is -0.870. The third-order valence-electron chi connectivity index (χ3n) is 14.2. The molecule has 6 aliphatic rings. The van der Waals surface area contributed by atoms with Crippen molar-refractivity contribution in [1.29, 1.82) is 0 Å². The van der Waals surface area contributed by atoms with Crippen molar-refractivity contribution >= 4 is 5.97 Å². The number of fused-ring (bicyclic) bond motifs is 6. The van der Waals surface area contributed by atoms with Gasteiger partial charge in [-0.1, -0.05) is 59.6 Å². The van der Waals surface area contributed by atoms with E-state index in [9.17, 15) is 4.79 Å². The molecular weight excluding hydrogens is 472 g/mol. The lowest BCUT2D eigenvalue weighted by Gasteiger charge is -2.70. The Morgan fingerprint density at radius 2 is 1.42 bits per heavy atom. The average molecular weight is 527 g/mol. The second kappa shape index (κ2) is 8.57. The van der Waals surface area contributed by atoms with Crippen LogP contribution in [0.15, 0.2) is 11.1 Å². The monoisotopic (exact) mass is 526 g/mol. The van der Waals surface area contributed by atoms with Crippen molar-refractivity contribution in [3.8, 4) is 0 Å². The molecule has 214 valence electrons. The van der Waals surface area contributed by atoms with Gasteiger partial charge in [-0.15, -0.1) is 0 Å². The Morgan fingerprint density at radius 1 is 0.763 bits per heavy atom. The smallest absolute Gasteiger partial charge is 0.302 e. The minimum Gasteiger partial charge on any atom is -0.462 e. The van der Waals surface area contributed by atoms with Crippen molar-refractivity contribution in [2.45, 2.75) is 138 Å². The third-order valence-corrected chi connectivity index (χ3v) is 14.2. The lowest BCUT2D eigenvalue weighted by atomic mass is 9.35. The first kappa shape index (κ1) is 27.3. The van der Waals surface area contributed by atoms with Crippen LogP contribution in [0.25, 0.3) is 0 Å². The van der Waals surface area contributed by atoms with E-state index in [1.54, 1.807) is 6.92 Å². The number of carbonyl (C=O) groups excluding carboxylic acids is 1. The zero-order chi connectivity index (χ0) is 27.4. The molecule has 5 aliphatic carbocycles. The minimum atomic E-state index is -0.124. The summed E-state index contributed by atoms with van der Waals surface area (Å²) in [5.41, 5.74) is 5.02. The van der Waals surface area contributed by atoms with Crippen LogP contribution in [0.2, 0.25) is 0 Å². The second-order valence-corrected chi connectivity index (χ2v) is 16.3. The fourth-order valence-corrected chi connectivity index (χ4v) is 11.7. The molecule has 8 atom stereocenters. The average Bonchev–Trinajstić information content (AvgIpc) is 3.39. The summed E-state index contributed by atoms with van der Waals surface area (Å²) < 4.78 is 18.2. The maximum atomic E-state index is 11.9. The molecule has 3 saturated carbocycles. The molecule has 4 heteroatoms. The number of rotatable bonds is 2. The highest BCUT2D eigenvalue weighted by atomic mass is 16.7. The van der Waals surface area contributed by atoms with Gasteiger partial charge in [0.15, 0.2) is 6.29 Å². The third kappa shape index (κ3) is 3.57. The minimum absolute atomic E-state index is 0.0104. The molecule has 0 aromatic carbocycles. The maximum Gasteiger partial charge on any atom is 0.302 e. The zero-order valence-corrected chi connectivity index (χ0v) is 25.6. The van der Waals surface area contributed by atoms with Gasteiger partial charge in [-0.2, -0.15) is 0 Å². The summed E-state index contributed by atoms with van der Waals surface area (Å²) in [5.74, 6) is 1.15. The molecule has 0 N–H and O–H groups in total. The Balaban J connectivity index is 1.36. The molecule has 1 heterocycles. The summed E-state index contributed by atoms with van der Waals surface area (Å²) in [4.78, 5) is 11.9. The Bertz CT molecular complexity index is 1020. The van der Waals surface area contributed by atoms with Gasteiger partial charge in [0.1, 0.15) is 6.10 Å². The summed E-state index contributed by atoms with van der Waals surface area (Å²) in [6.07, 6.45) is 13.6. The van der Waals surface area contributed by atoms with E-state index in [-0.39, 0.29) is 40.0 Å². The van der Waals surface area contributed by atoms with Crippen LogP contribution >= 0.6 is 0 Å². The van der Waals surface area contributed by atoms with Crippen LogP contribution in [0.3, 0.4) is 0 Å². The zero-order valence-electron chi connectivity index (χ0n) is 25.6. The first-order valence-corrected chi connectivity index (χ1v) is 15.8. The number of hydrogen-bond acceptors (Lipinski definition) is 4. The summed E-state index contributed by atoms with van der Waals surface area (Å²) in [6.45, 7) is 20.9. The van der Waals surface area contributed by atoms with Crippen LogP contribution in [0, 0.1) is 44.3 Å². The summed E-state index contributed by atoms with van der Waals surface area (Å²) in [6, 6.07) is 0. The fourth-order valence-electron chi connectivity index (χ4n) is 11.7. The van der Waals surface area contributed by atoms with E-state index in [0.29, 0.717) is 22.7 Å². The highest BCUT2D eigenvalue weighted by molar-refractivity contribution is 5.66. The molecule has 4 nitrogen and oxygen atoms in total. The molecule has 4 fully saturated rings. The number of ether oxygens (including phenoxy) is 3. The molecule has 0 aromatic heterocycles. The number of hydrogen-bond donors (Lipinski definition) is 0. The van der Waals surface area contributed by atoms with E-state index < -0.39 is 0 Å². The summed E-state index contributed by atoms with van der Waals surface area (Å²) in [5, 5.41) is 0. The van der Waals surface area contributed by atoms with Crippen LogP contribution in [-0.2, 0) is 19.0 Å². The first-order chi connectivity index (χ1) is 17.7. The van der Waals surface area contributed by atoms with Gasteiger partial charge in [0.2, 0.25) is 0 Å². The van der Waals surface area contributed by atoms with E-state index in [1.165, 1.54) is 57.8 Å². The van der Waals surface area contributed by atoms with Gasteiger partial charge in [0, 0.05) is 17.8 Å². The Kier molecular flexibility index (Phi) is 6.16. The van der Waals surface area contributed by atoms with E-state index in [2.05, 4.69) is 48.5 Å². The van der Waals surface area contributed by atoms with Gasteiger partial charge in [-0.25, -0.2) is 0 Å². The van der Waals surface area contributed by atoms with Crippen molar-refractivity contribution in [2.75, 3.05) is 13.2 Å². The summed E-state index contributed by atoms with van der Waals surface area (Å²) >= 11 is 0. The molecule has 0 amide bonds. The van der Waals surface area contributed by atoms with Crippen molar-refractivity contribution in [3.05, 3.63) is 11.1 Å². The predicted octanol–water partition coefficient (Wildman–Crippen LogP) is 8.24. The summed E-state index contributed by atoms with van der Waals surface area (Å²) in [7, 11) is 0. The molecule has 38 heavy (non-hydrogen) atoms. The van der Waals surface area contributed by atoms with Gasteiger partial charge in [-0.05, 0) is 104 Å². The van der Waals surface area contributed by atoms with Crippen LogP contribution < -0.4 is 0 Å². The molecule has 0 aromatic rings. The predicted molar refractivity (Wildman–Crippen MR) is 150 cm³/mol. The van der Waals surface area contributed by atoms with Gasteiger partial charge in [0.25, 0.3) is 0 Å². The quantitative estimate of drug-likeness (QED) is 0.268. The van der Waals surface area contributed by atoms with Gasteiger partial charge >= 0.3 is 5.97 Å². The molecular formula is C34H54O4. The SMILES string of the molecule is CC(=O)O[C@H]1CC[C@]2(C)C3=C(CC[C@H]2C1(C)C)[C@@]1(C)CC[C@@]2(C)CC[C@@](C)(C4OCCO4)C[C@H]2[C@]1(C)CC3. The van der Waals surface area contributed by atoms with E-state index in [1.807, 2.05) is 11.1 Å². The van der Waals surface area contributed by atoms with Crippen molar-refractivity contribution < 1.29 is 19.0 Å². The van der Waals surface area contributed by atoms with Gasteiger partial charge in [-0.3, -0.25) is 4.79 Å². The Morgan fingerprint density at radius 3 is 2.11 bits per heavy atom. The molecule has 0 bridgehead atoms. The van der Waals surface area contributed by atoms with Gasteiger partial charge in [0.05, 0.1) is 13.2 Å². The van der Waals surface area contributed by atoms with E-state index in [4.69, 9.17) is 14.2 Å². The molecule has 1 saturated heterocycles. The van der Waals surface area contributed by atoms with Crippen LogP contribution in [0.1, 0.15) is 126 Å². The number of esters is 1. The van der Waals surface area contributed by atoms with Gasteiger partial charge < -0.3 is 14.2 Å². The highest BCUT2D eigenvalue weighted by Crippen LogP contribution is 2.75. The highest BCUT2D eigenvalue weighted by Gasteiger charge is 2.67. The fraction of sp³-hybridized carbons (Fsp3) is 0.912. The Labute approximate surface area is 232 Å². The normalized spacial score (nSPS) is 50.5. The van der Waals surface area contributed by atoms with Crippen molar-refractivity contribution in [2.24, 2.45) is 44.3 Å². The molecule has 6 rings (SSSR count). The lowest BCUT2D eigenvalue weighted by molar-refractivity contribution is -0.204. The number of allylic oxidation sites excluding steroid dienone is 2. The molecule has 0 unspecified atom stereocenters. The maximum absolute atomic E-state index is 11.9. The second-order valence-electron chi connectivity index (χ2n) is 16.3. The van der Waals surface area contributed by atoms with Crippen LogP contribution in [0.5, 0.6) is 0 Å².